The summed E-state index contributed by atoms with van der Waals surface area (Å²) in [5, 5.41) is 12.9. The Morgan fingerprint density at radius 2 is 2.00 bits per heavy atom. The minimum absolute atomic E-state index is 0. The predicted octanol–water partition coefficient (Wildman–Crippen LogP) is 3.73. The molecule has 152 valence electrons. The van der Waals surface area contributed by atoms with Crippen molar-refractivity contribution in [1.29, 1.82) is 0 Å². The zero-order valence-electron chi connectivity index (χ0n) is 16.6. The van der Waals surface area contributed by atoms with Crippen LogP contribution >= 0.6 is 24.0 Å². The van der Waals surface area contributed by atoms with Gasteiger partial charge in [-0.25, -0.2) is 0 Å². The third-order valence-corrected chi connectivity index (χ3v) is 4.55. The normalized spacial score (nSPS) is 11.6. The molecule has 0 saturated heterocycles. The van der Waals surface area contributed by atoms with Crippen LogP contribution in [0.1, 0.15) is 18.5 Å². The second-order valence-corrected chi connectivity index (χ2v) is 6.64. The summed E-state index contributed by atoms with van der Waals surface area (Å²) in [5.41, 5.74) is 1.77. The smallest absolute Gasteiger partial charge is 0.194 e. The molecule has 0 saturated carbocycles. The van der Waals surface area contributed by atoms with Gasteiger partial charge in [0, 0.05) is 38.1 Å². The third-order valence-electron chi connectivity index (χ3n) is 4.55. The first-order valence-corrected chi connectivity index (χ1v) is 9.50. The molecular weight excluding hydrogens is 479 g/mol. The van der Waals surface area contributed by atoms with E-state index in [1.54, 1.807) is 0 Å². The van der Waals surface area contributed by atoms with Crippen molar-refractivity contribution in [2.75, 3.05) is 20.1 Å². The number of fused-ring (bicyclic) bond motifs is 2. The van der Waals surface area contributed by atoms with Gasteiger partial charge in [0.15, 0.2) is 11.6 Å². The van der Waals surface area contributed by atoms with E-state index < -0.39 is 0 Å². The number of nitrogens with zero attached hydrogens (tertiary/aromatic N) is 5. The lowest BCUT2D eigenvalue weighted by molar-refractivity contribution is 0.412. The molecule has 1 aromatic carbocycles. The Balaban J connectivity index is 0.00000240. The molecule has 0 bridgehead atoms. The van der Waals surface area contributed by atoms with Crippen molar-refractivity contribution < 1.29 is 4.42 Å². The molecule has 4 rings (SSSR count). The molecule has 0 atom stereocenters. The molecule has 4 aromatic rings. The molecule has 8 heteroatoms. The maximum atomic E-state index is 5.93. The van der Waals surface area contributed by atoms with Crippen LogP contribution in [0.15, 0.2) is 64.1 Å². The van der Waals surface area contributed by atoms with Gasteiger partial charge in [-0.15, -0.1) is 34.2 Å². The van der Waals surface area contributed by atoms with E-state index in [-0.39, 0.29) is 24.0 Å². The van der Waals surface area contributed by atoms with Gasteiger partial charge in [0.05, 0.1) is 6.54 Å². The Morgan fingerprint density at radius 3 is 2.83 bits per heavy atom. The minimum Gasteiger partial charge on any atom is -0.459 e. The Bertz CT molecular complexity index is 1070. The first-order chi connectivity index (χ1) is 13.7. The lowest BCUT2D eigenvalue weighted by atomic mass is 10.2. The highest BCUT2D eigenvalue weighted by Gasteiger charge is 2.11. The molecule has 0 aliphatic heterocycles. The SMILES string of the molecule is CCNC(=NCCc1nnc2ccccn12)N(C)Cc1cc2ccccc2o1.I. The molecule has 1 N–H and O–H groups in total. The number of para-hydroxylation sites is 1. The number of halogens is 1. The number of hydrogen-bond acceptors (Lipinski definition) is 4. The van der Waals surface area contributed by atoms with Gasteiger partial charge in [0.25, 0.3) is 0 Å². The number of furan rings is 1. The van der Waals surface area contributed by atoms with Crippen LogP contribution in [0.4, 0.5) is 0 Å². The van der Waals surface area contributed by atoms with Gasteiger partial charge in [-0.3, -0.25) is 9.39 Å². The number of hydrogen-bond donors (Lipinski definition) is 1. The molecule has 0 radical (unpaired) electrons. The zero-order chi connectivity index (χ0) is 19.3. The van der Waals surface area contributed by atoms with E-state index in [4.69, 9.17) is 9.41 Å². The fourth-order valence-electron chi connectivity index (χ4n) is 3.22. The lowest BCUT2D eigenvalue weighted by Gasteiger charge is -2.20. The molecule has 0 unspecified atom stereocenters. The van der Waals surface area contributed by atoms with Gasteiger partial charge >= 0.3 is 0 Å². The molecule has 7 nitrogen and oxygen atoms in total. The molecular formula is C21H25IN6O. The van der Waals surface area contributed by atoms with Crippen molar-refractivity contribution in [3.05, 3.63) is 66.3 Å². The predicted molar refractivity (Wildman–Crippen MR) is 126 cm³/mol. The number of rotatable bonds is 6. The van der Waals surface area contributed by atoms with E-state index in [9.17, 15) is 0 Å². The highest BCUT2D eigenvalue weighted by Crippen LogP contribution is 2.19. The summed E-state index contributed by atoms with van der Waals surface area (Å²) in [6.07, 6.45) is 2.70. The van der Waals surface area contributed by atoms with Crippen LogP contribution in [0.25, 0.3) is 16.6 Å². The molecule has 0 aliphatic rings. The zero-order valence-corrected chi connectivity index (χ0v) is 18.9. The van der Waals surface area contributed by atoms with Gasteiger partial charge in [-0.1, -0.05) is 24.3 Å². The standard InChI is InChI=1S/C21H24N6O.HI/c1-3-22-21(23-12-11-20-25-24-19-10-6-7-13-27(19)20)26(2)15-17-14-16-8-4-5-9-18(16)28-17;/h4-10,13-14H,3,11-12,15H2,1-2H3,(H,22,23);1H. The average molecular weight is 504 g/mol. The number of nitrogens with one attached hydrogen (secondary N) is 1. The van der Waals surface area contributed by atoms with Crippen molar-refractivity contribution in [1.82, 2.24) is 24.8 Å². The van der Waals surface area contributed by atoms with Crippen molar-refractivity contribution >= 4 is 46.6 Å². The van der Waals surface area contributed by atoms with Gasteiger partial charge in [0.2, 0.25) is 0 Å². The van der Waals surface area contributed by atoms with Crippen LogP contribution in [0, 0.1) is 0 Å². The van der Waals surface area contributed by atoms with Crippen molar-refractivity contribution in [2.45, 2.75) is 19.9 Å². The van der Waals surface area contributed by atoms with E-state index in [0.717, 1.165) is 47.1 Å². The van der Waals surface area contributed by atoms with Crippen LogP contribution in [-0.4, -0.2) is 45.6 Å². The van der Waals surface area contributed by atoms with Crippen molar-refractivity contribution in [2.24, 2.45) is 4.99 Å². The van der Waals surface area contributed by atoms with E-state index in [1.165, 1.54) is 0 Å². The van der Waals surface area contributed by atoms with E-state index >= 15 is 0 Å². The van der Waals surface area contributed by atoms with Crippen LogP contribution in [-0.2, 0) is 13.0 Å². The molecule has 0 aliphatic carbocycles. The average Bonchev–Trinajstić information content (AvgIpc) is 3.30. The summed E-state index contributed by atoms with van der Waals surface area (Å²) in [7, 11) is 2.02. The number of benzene rings is 1. The van der Waals surface area contributed by atoms with Gasteiger partial charge in [0.1, 0.15) is 17.2 Å². The Morgan fingerprint density at radius 1 is 1.17 bits per heavy atom. The number of aromatic nitrogens is 3. The monoisotopic (exact) mass is 504 g/mol. The summed E-state index contributed by atoms with van der Waals surface area (Å²) in [4.78, 5) is 6.83. The maximum Gasteiger partial charge on any atom is 0.194 e. The summed E-state index contributed by atoms with van der Waals surface area (Å²) < 4.78 is 7.93. The summed E-state index contributed by atoms with van der Waals surface area (Å²) in [6, 6.07) is 16.0. The fraction of sp³-hybridized carbons (Fsp3) is 0.286. The molecule has 0 fully saturated rings. The van der Waals surface area contributed by atoms with Gasteiger partial charge < -0.3 is 14.6 Å². The van der Waals surface area contributed by atoms with E-state index in [0.29, 0.717) is 13.1 Å². The lowest BCUT2D eigenvalue weighted by Crippen LogP contribution is -2.38. The highest BCUT2D eigenvalue weighted by atomic mass is 127. The van der Waals surface area contributed by atoms with Gasteiger partial charge in [-0.2, -0.15) is 0 Å². The maximum absolute atomic E-state index is 5.93. The third kappa shape index (κ3) is 4.87. The Labute approximate surface area is 186 Å². The molecule has 0 amide bonds. The second-order valence-electron chi connectivity index (χ2n) is 6.64. The minimum atomic E-state index is 0. The Kier molecular flexibility index (Phi) is 7.08. The van der Waals surface area contributed by atoms with Crippen LogP contribution < -0.4 is 5.32 Å². The highest BCUT2D eigenvalue weighted by molar-refractivity contribution is 14.0. The van der Waals surface area contributed by atoms with E-state index in [2.05, 4.69) is 39.5 Å². The fourth-order valence-corrected chi connectivity index (χ4v) is 3.22. The quantitative estimate of drug-likeness (QED) is 0.246. The summed E-state index contributed by atoms with van der Waals surface area (Å²) in [5.74, 6) is 2.67. The number of guanidine groups is 1. The van der Waals surface area contributed by atoms with Gasteiger partial charge in [-0.05, 0) is 31.2 Å². The Hall–Kier alpha value is -2.62. The second kappa shape index (κ2) is 9.73. The molecule has 29 heavy (non-hydrogen) atoms. The molecule has 3 heterocycles. The summed E-state index contributed by atoms with van der Waals surface area (Å²) in [6.45, 7) is 4.14. The van der Waals surface area contributed by atoms with Crippen LogP contribution in [0.2, 0.25) is 0 Å². The molecule has 3 aromatic heterocycles. The first kappa shape index (κ1) is 21.1. The number of aliphatic imine (C=N–C) groups is 1. The van der Waals surface area contributed by atoms with Crippen LogP contribution in [0.5, 0.6) is 0 Å². The van der Waals surface area contributed by atoms with Crippen molar-refractivity contribution in [3.8, 4) is 0 Å². The van der Waals surface area contributed by atoms with Crippen LogP contribution in [0.3, 0.4) is 0 Å². The van der Waals surface area contributed by atoms with E-state index in [1.807, 2.05) is 54.0 Å². The first-order valence-electron chi connectivity index (χ1n) is 9.50. The molecule has 0 spiro atoms. The topological polar surface area (TPSA) is 71.0 Å². The number of pyridine rings is 1. The summed E-state index contributed by atoms with van der Waals surface area (Å²) >= 11 is 0. The largest absolute Gasteiger partial charge is 0.459 e. The van der Waals surface area contributed by atoms with Crippen molar-refractivity contribution in [3.63, 3.8) is 0 Å².